The van der Waals surface area contributed by atoms with Crippen LogP contribution in [0, 0.1) is 23.7 Å². The molecule has 0 radical (unpaired) electrons. The predicted molar refractivity (Wildman–Crippen MR) is 79.2 cm³/mol. The molecular weight excluding hydrogens is 246 g/mol. The molecule has 20 heavy (non-hydrogen) atoms. The predicted octanol–water partition coefficient (Wildman–Crippen LogP) is 2.91. The molecule has 108 valence electrons. The summed E-state index contributed by atoms with van der Waals surface area (Å²) < 4.78 is 0. The lowest BCUT2D eigenvalue weighted by atomic mass is 9.51. The van der Waals surface area contributed by atoms with Crippen LogP contribution < -0.4 is 5.73 Å². The van der Waals surface area contributed by atoms with Gasteiger partial charge >= 0.3 is 0 Å². The van der Waals surface area contributed by atoms with Crippen LogP contribution in [-0.2, 0) is 6.42 Å². The fourth-order valence-electron chi connectivity index (χ4n) is 5.40. The molecule has 2 N–H and O–H groups in total. The Kier molecular flexibility index (Phi) is 3.25. The molecule has 1 aromatic heterocycles. The fraction of sp³-hybridized carbons (Fsp3) is 0.765. The monoisotopic (exact) mass is 271 g/mol. The van der Waals surface area contributed by atoms with E-state index in [0.29, 0.717) is 0 Å². The van der Waals surface area contributed by atoms with Crippen LogP contribution in [0.5, 0.6) is 0 Å². The van der Waals surface area contributed by atoms with Crippen molar-refractivity contribution in [3.63, 3.8) is 0 Å². The van der Waals surface area contributed by atoms with Gasteiger partial charge in [-0.2, -0.15) is 0 Å². The van der Waals surface area contributed by atoms with Crippen molar-refractivity contribution in [3.8, 4) is 0 Å². The van der Waals surface area contributed by atoms with Gasteiger partial charge < -0.3 is 5.73 Å². The molecule has 5 rings (SSSR count). The summed E-state index contributed by atoms with van der Waals surface area (Å²) in [4.78, 5) is 9.16. The zero-order chi connectivity index (χ0) is 13.5. The van der Waals surface area contributed by atoms with E-state index >= 15 is 0 Å². The first-order valence-corrected chi connectivity index (χ1v) is 8.34. The van der Waals surface area contributed by atoms with E-state index in [1.165, 1.54) is 37.7 Å². The van der Waals surface area contributed by atoms with Crippen molar-refractivity contribution in [3.05, 3.63) is 23.8 Å². The number of aryl methyl sites for hydroxylation is 1. The van der Waals surface area contributed by atoms with Crippen LogP contribution in [0.4, 0.5) is 0 Å². The van der Waals surface area contributed by atoms with Crippen molar-refractivity contribution in [2.45, 2.75) is 50.9 Å². The number of nitrogens with two attached hydrogens (primary N) is 1. The normalized spacial score (nSPS) is 38.4. The summed E-state index contributed by atoms with van der Waals surface area (Å²) in [7, 11) is 0. The number of aromatic nitrogens is 2. The highest BCUT2D eigenvalue weighted by Gasteiger charge is 2.48. The number of hydrogen-bond acceptors (Lipinski definition) is 3. The van der Waals surface area contributed by atoms with Crippen LogP contribution >= 0.6 is 0 Å². The van der Waals surface area contributed by atoms with Gasteiger partial charge in [-0.3, -0.25) is 0 Å². The standard InChI is InChI=1S/C17H25N3/c18-3-1-2-16-19-9-15(10-20-16)17-13-5-11-4-12(7-13)8-14(17)6-11/h9-14,17H,1-8,18H2. The lowest BCUT2D eigenvalue weighted by Gasteiger charge is -2.54. The quantitative estimate of drug-likeness (QED) is 0.916. The highest BCUT2D eigenvalue weighted by atomic mass is 14.9. The van der Waals surface area contributed by atoms with Crippen molar-refractivity contribution >= 4 is 0 Å². The third-order valence-corrected chi connectivity index (χ3v) is 5.94. The van der Waals surface area contributed by atoms with E-state index in [0.717, 1.165) is 54.8 Å². The Morgan fingerprint density at radius 2 is 1.55 bits per heavy atom. The molecule has 3 nitrogen and oxygen atoms in total. The largest absolute Gasteiger partial charge is 0.330 e. The highest BCUT2D eigenvalue weighted by molar-refractivity contribution is 5.19. The smallest absolute Gasteiger partial charge is 0.128 e. The Labute approximate surface area is 121 Å². The van der Waals surface area contributed by atoms with Gasteiger partial charge in [0.2, 0.25) is 0 Å². The van der Waals surface area contributed by atoms with Crippen LogP contribution in [-0.4, -0.2) is 16.5 Å². The maximum absolute atomic E-state index is 5.55. The minimum Gasteiger partial charge on any atom is -0.330 e. The van der Waals surface area contributed by atoms with Gasteiger partial charge in [0.15, 0.2) is 0 Å². The molecule has 0 unspecified atom stereocenters. The van der Waals surface area contributed by atoms with Crippen LogP contribution in [0.2, 0.25) is 0 Å². The summed E-state index contributed by atoms with van der Waals surface area (Å²) in [5, 5.41) is 0. The third-order valence-electron chi connectivity index (χ3n) is 5.94. The molecule has 0 amide bonds. The average molecular weight is 271 g/mol. The van der Waals surface area contributed by atoms with E-state index < -0.39 is 0 Å². The van der Waals surface area contributed by atoms with E-state index in [-0.39, 0.29) is 0 Å². The minimum atomic E-state index is 0.723. The zero-order valence-electron chi connectivity index (χ0n) is 12.2. The second-order valence-corrected chi connectivity index (χ2v) is 7.28. The summed E-state index contributed by atoms with van der Waals surface area (Å²) in [5.74, 6) is 5.64. The Bertz CT molecular complexity index is 440. The maximum atomic E-state index is 5.55. The number of rotatable bonds is 4. The van der Waals surface area contributed by atoms with Crippen LogP contribution in [0.15, 0.2) is 12.4 Å². The van der Waals surface area contributed by atoms with Gasteiger partial charge in [0.1, 0.15) is 5.82 Å². The van der Waals surface area contributed by atoms with Crippen LogP contribution in [0.3, 0.4) is 0 Å². The molecule has 4 bridgehead atoms. The summed E-state index contributed by atoms with van der Waals surface area (Å²) in [6.07, 6.45) is 13.5. The van der Waals surface area contributed by atoms with Crippen molar-refractivity contribution in [1.82, 2.24) is 9.97 Å². The van der Waals surface area contributed by atoms with E-state index in [1.807, 2.05) is 0 Å². The molecule has 0 aromatic carbocycles. The summed E-state index contributed by atoms with van der Waals surface area (Å²) in [5.41, 5.74) is 6.96. The first-order valence-electron chi connectivity index (χ1n) is 8.34. The van der Waals surface area contributed by atoms with Crippen LogP contribution in [0.25, 0.3) is 0 Å². The first kappa shape index (κ1) is 12.8. The molecule has 4 fully saturated rings. The topological polar surface area (TPSA) is 51.8 Å². The van der Waals surface area contributed by atoms with Gasteiger partial charge in [-0.05, 0) is 80.2 Å². The van der Waals surface area contributed by atoms with Gasteiger partial charge in [-0.1, -0.05) is 0 Å². The fourth-order valence-corrected chi connectivity index (χ4v) is 5.40. The SMILES string of the molecule is NCCCc1ncc(C2C3CC4CC(C3)CC2C4)cn1. The molecule has 0 aliphatic heterocycles. The molecule has 4 aliphatic rings. The maximum Gasteiger partial charge on any atom is 0.128 e. The first-order chi connectivity index (χ1) is 9.83. The number of hydrogen-bond donors (Lipinski definition) is 1. The molecule has 0 saturated heterocycles. The molecule has 3 heteroatoms. The van der Waals surface area contributed by atoms with E-state index in [2.05, 4.69) is 22.4 Å². The van der Waals surface area contributed by atoms with Crippen molar-refractivity contribution < 1.29 is 0 Å². The van der Waals surface area contributed by atoms with E-state index in [1.54, 1.807) is 0 Å². The second kappa shape index (κ2) is 5.10. The Balaban J connectivity index is 1.52. The highest BCUT2D eigenvalue weighted by Crippen LogP contribution is 2.59. The van der Waals surface area contributed by atoms with Gasteiger partial charge in [0, 0.05) is 18.8 Å². The van der Waals surface area contributed by atoms with Crippen LogP contribution in [0.1, 0.15) is 55.8 Å². The third kappa shape index (κ3) is 2.16. The van der Waals surface area contributed by atoms with Gasteiger partial charge in [-0.15, -0.1) is 0 Å². The van der Waals surface area contributed by atoms with E-state index in [4.69, 9.17) is 5.73 Å². The summed E-state index contributed by atoms with van der Waals surface area (Å²) in [6, 6.07) is 0. The molecule has 1 aromatic rings. The van der Waals surface area contributed by atoms with Crippen molar-refractivity contribution in [2.24, 2.45) is 29.4 Å². The van der Waals surface area contributed by atoms with Crippen molar-refractivity contribution in [2.75, 3.05) is 6.54 Å². The molecule has 1 heterocycles. The molecule has 4 saturated carbocycles. The van der Waals surface area contributed by atoms with Gasteiger partial charge in [-0.25, -0.2) is 9.97 Å². The average Bonchev–Trinajstić information content (AvgIpc) is 2.45. The molecular formula is C17H25N3. The molecule has 0 spiro atoms. The molecule has 0 atom stereocenters. The Morgan fingerprint density at radius 3 is 2.10 bits per heavy atom. The Hall–Kier alpha value is -0.960. The lowest BCUT2D eigenvalue weighted by Crippen LogP contribution is -2.43. The minimum absolute atomic E-state index is 0.723. The lowest BCUT2D eigenvalue weighted by molar-refractivity contribution is -0.00301. The molecule has 4 aliphatic carbocycles. The van der Waals surface area contributed by atoms with E-state index in [9.17, 15) is 0 Å². The number of nitrogens with zero attached hydrogens (tertiary/aromatic N) is 2. The van der Waals surface area contributed by atoms with Gasteiger partial charge in [0.25, 0.3) is 0 Å². The zero-order valence-corrected chi connectivity index (χ0v) is 12.2. The summed E-state index contributed by atoms with van der Waals surface area (Å²) in [6.45, 7) is 0.723. The van der Waals surface area contributed by atoms with Gasteiger partial charge in [0.05, 0.1) is 0 Å². The van der Waals surface area contributed by atoms with Crippen molar-refractivity contribution in [1.29, 1.82) is 0 Å². The summed E-state index contributed by atoms with van der Waals surface area (Å²) >= 11 is 0. The second-order valence-electron chi connectivity index (χ2n) is 7.28. The Morgan fingerprint density at radius 1 is 0.950 bits per heavy atom.